The van der Waals surface area contributed by atoms with Crippen LogP contribution in [-0.2, 0) is 0 Å². The molecular formula is C22H20N8O2. The third kappa shape index (κ3) is 4.64. The second kappa shape index (κ2) is 9.13. The van der Waals surface area contributed by atoms with Crippen LogP contribution in [0.2, 0.25) is 0 Å². The summed E-state index contributed by atoms with van der Waals surface area (Å²) in [6.45, 7) is 4.05. The lowest BCUT2D eigenvalue weighted by molar-refractivity contribution is 0.101. The zero-order valence-electron chi connectivity index (χ0n) is 17.4. The summed E-state index contributed by atoms with van der Waals surface area (Å²) in [4.78, 5) is 37.2. The highest BCUT2D eigenvalue weighted by atomic mass is 16.2. The van der Waals surface area contributed by atoms with Crippen molar-refractivity contribution in [2.24, 2.45) is 0 Å². The molecule has 3 heterocycles. The van der Waals surface area contributed by atoms with Crippen LogP contribution in [0, 0.1) is 0 Å². The summed E-state index contributed by atoms with van der Waals surface area (Å²) in [5, 5.41) is 13.6. The number of benzene rings is 1. The van der Waals surface area contributed by atoms with Crippen molar-refractivity contribution in [3.05, 3.63) is 78.6 Å². The quantitative estimate of drug-likeness (QED) is 0.483. The van der Waals surface area contributed by atoms with Crippen molar-refractivity contribution in [1.29, 1.82) is 0 Å². The van der Waals surface area contributed by atoms with E-state index in [0.29, 0.717) is 34.2 Å². The lowest BCUT2D eigenvalue weighted by Crippen LogP contribution is -2.15. The van der Waals surface area contributed by atoms with Gasteiger partial charge in [-0.3, -0.25) is 9.59 Å². The first-order chi connectivity index (χ1) is 15.5. The van der Waals surface area contributed by atoms with E-state index in [1.54, 1.807) is 42.7 Å². The Bertz CT molecular complexity index is 1250. The van der Waals surface area contributed by atoms with Crippen molar-refractivity contribution in [3.8, 4) is 11.5 Å². The van der Waals surface area contributed by atoms with Gasteiger partial charge in [0.1, 0.15) is 24.2 Å². The lowest BCUT2D eigenvalue weighted by atomic mass is 10.2. The Labute approximate surface area is 183 Å². The van der Waals surface area contributed by atoms with Crippen LogP contribution in [0.1, 0.15) is 40.6 Å². The van der Waals surface area contributed by atoms with Gasteiger partial charge in [-0.25, -0.2) is 15.0 Å². The smallest absolute Gasteiger partial charge is 0.258 e. The molecule has 3 aromatic heterocycles. The lowest BCUT2D eigenvalue weighted by Gasteiger charge is -2.11. The molecule has 0 aliphatic carbocycles. The highest BCUT2D eigenvalue weighted by Crippen LogP contribution is 2.20. The van der Waals surface area contributed by atoms with Crippen LogP contribution >= 0.6 is 0 Å². The van der Waals surface area contributed by atoms with Gasteiger partial charge >= 0.3 is 0 Å². The molecule has 0 aliphatic heterocycles. The molecule has 4 rings (SSSR count). The summed E-state index contributed by atoms with van der Waals surface area (Å²) in [6.07, 6.45) is 5.82. The minimum absolute atomic E-state index is 0.167. The number of hydrogen-bond donors (Lipinski definition) is 2. The molecule has 160 valence electrons. The van der Waals surface area contributed by atoms with Crippen LogP contribution in [0.15, 0.2) is 67.5 Å². The Hall–Kier alpha value is -4.47. The number of carbonyl (C=O) groups excluding carboxylic acids is 2. The number of amides is 2. The highest BCUT2D eigenvalue weighted by Gasteiger charge is 2.14. The van der Waals surface area contributed by atoms with Crippen molar-refractivity contribution in [2.45, 2.75) is 19.9 Å². The number of carbonyl (C=O) groups is 2. The molecule has 2 amide bonds. The number of hydrogen-bond acceptors (Lipinski definition) is 7. The fourth-order valence-corrected chi connectivity index (χ4v) is 2.98. The normalized spacial score (nSPS) is 10.7. The second-order valence-corrected chi connectivity index (χ2v) is 7.18. The summed E-state index contributed by atoms with van der Waals surface area (Å²) in [7, 11) is 0. The van der Waals surface area contributed by atoms with Crippen molar-refractivity contribution in [3.63, 3.8) is 0 Å². The van der Waals surface area contributed by atoms with Crippen LogP contribution in [0.25, 0.3) is 11.5 Å². The fraction of sp³-hybridized carbons (Fsp3) is 0.136. The van der Waals surface area contributed by atoms with Gasteiger partial charge in [0.2, 0.25) is 0 Å². The van der Waals surface area contributed by atoms with Crippen LogP contribution in [-0.4, -0.2) is 41.5 Å². The van der Waals surface area contributed by atoms with Gasteiger partial charge < -0.3 is 15.2 Å². The van der Waals surface area contributed by atoms with Crippen LogP contribution in [0.5, 0.6) is 0 Å². The Morgan fingerprint density at radius 2 is 1.69 bits per heavy atom. The molecule has 0 unspecified atom stereocenters. The van der Waals surface area contributed by atoms with E-state index < -0.39 is 0 Å². The van der Waals surface area contributed by atoms with Gasteiger partial charge in [-0.2, -0.15) is 0 Å². The summed E-state index contributed by atoms with van der Waals surface area (Å²) >= 11 is 0. The Kier molecular flexibility index (Phi) is 5.93. The molecule has 0 saturated carbocycles. The third-order valence-corrected chi connectivity index (χ3v) is 4.55. The van der Waals surface area contributed by atoms with Crippen molar-refractivity contribution in [1.82, 2.24) is 29.7 Å². The van der Waals surface area contributed by atoms with E-state index in [9.17, 15) is 9.59 Å². The summed E-state index contributed by atoms with van der Waals surface area (Å²) in [6, 6.07) is 12.1. The maximum atomic E-state index is 12.8. The SMILES string of the molecule is CC(C)n1cnnc1-c1cccc(NC(=O)c2cccc(NC(=O)c3cncnc3)c2)n1. The zero-order valence-corrected chi connectivity index (χ0v) is 17.4. The molecular weight excluding hydrogens is 408 g/mol. The topological polar surface area (TPSA) is 128 Å². The number of rotatable bonds is 6. The second-order valence-electron chi connectivity index (χ2n) is 7.18. The number of pyridine rings is 1. The highest BCUT2D eigenvalue weighted by molar-refractivity contribution is 6.07. The van der Waals surface area contributed by atoms with Crippen LogP contribution < -0.4 is 10.6 Å². The number of aromatic nitrogens is 6. The summed E-state index contributed by atoms with van der Waals surface area (Å²) in [5.74, 6) is 0.262. The molecule has 0 fully saturated rings. The molecule has 0 atom stereocenters. The van der Waals surface area contributed by atoms with Gasteiger partial charge in [-0.05, 0) is 44.2 Å². The van der Waals surface area contributed by atoms with E-state index in [1.165, 1.54) is 18.7 Å². The van der Waals surface area contributed by atoms with E-state index in [1.807, 2.05) is 24.5 Å². The molecule has 0 aliphatic rings. The van der Waals surface area contributed by atoms with E-state index in [2.05, 4.69) is 35.8 Å². The molecule has 1 aromatic carbocycles. The van der Waals surface area contributed by atoms with Crippen LogP contribution in [0.3, 0.4) is 0 Å². The minimum atomic E-state index is -0.369. The molecule has 32 heavy (non-hydrogen) atoms. The van der Waals surface area contributed by atoms with Crippen molar-refractivity contribution >= 4 is 23.3 Å². The van der Waals surface area contributed by atoms with Gasteiger partial charge in [0, 0.05) is 29.7 Å². The molecule has 0 saturated heterocycles. The number of nitrogens with one attached hydrogen (secondary N) is 2. The monoisotopic (exact) mass is 428 g/mol. The molecule has 10 nitrogen and oxygen atoms in total. The third-order valence-electron chi connectivity index (χ3n) is 4.55. The van der Waals surface area contributed by atoms with Gasteiger partial charge in [0.25, 0.3) is 11.8 Å². The predicted octanol–water partition coefficient (Wildman–Crippen LogP) is 3.22. The Morgan fingerprint density at radius 3 is 2.47 bits per heavy atom. The average molecular weight is 428 g/mol. The van der Waals surface area contributed by atoms with Crippen molar-refractivity contribution < 1.29 is 9.59 Å². The number of nitrogens with zero attached hydrogens (tertiary/aromatic N) is 6. The molecule has 2 N–H and O–H groups in total. The van der Waals surface area contributed by atoms with Gasteiger partial charge in [0.15, 0.2) is 5.82 Å². The maximum Gasteiger partial charge on any atom is 0.258 e. The van der Waals surface area contributed by atoms with E-state index in [0.717, 1.165) is 0 Å². The van der Waals surface area contributed by atoms with Crippen LogP contribution in [0.4, 0.5) is 11.5 Å². The number of anilines is 2. The van der Waals surface area contributed by atoms with Crippen molar-refractivity contribution in [2.75, 3.05) is 10.6 Å². The predicted molar refractivity (Wildman–Crippen MR) is 118 cm³/mol. The molecule has 0 bridgehead atoms. The van der Waals surface area contributed by atoms with Gasteiger partial charge in [0.05, 0.1) is 5.56 Å². The first-order valence-corrected chi connectivity index (χ1v) is 9.86. The molecule has 0 spiro atoms. The van der Waals surface area contributed by atoms with Gasteiger partial charge in [-0.15, -0.1) is 10.2 Å². The maximum absolute atomic E-state index is 12.8. The largest absolute Gasteiger partial charge is 0.322 e. The zero-order chi connectivity index (χ0) is 22.5. The minimum Gasteiger partial charge on any atom is -0.322 e. The first-order valence-electron chi connectivity index (χ1n) is 9.86. The molecule has 10 heteroatoms. The van der Waals surface area contributed by atoms with E-state index in [4.69, 9.17) is 0 Å². The molecule has 0 radical (unpaired) electrons. The summed E-state index contributed by atoms with van der Waals surface area (Å²) < 4.78 is 1.90. The standard InChI is InChI=1S/C22H20N8O2/c1-14(2)30-13-25-29-20(30)18-7-4-8-19(27-18)28-21(31)15-5-3-6-17(9-15)26-22(32)16-10-23-12-24-11-16/h3-14H,1-2H3,(H,26,32)(H,27,28,31). The Balaban J connectivity index is 1.49. The van der Waals surface area contributed by atoms with E-state index in [-0.39, 0.29) is 17.9 Å². The first kappa shape index (κ1) is 20.8. The average Bonchev–Trinajstić information content (AvgIpc) is 3.30. The van der Waals surface area contributed by atoms with E-state index >= 15 is 0 Å². The fourth-order valence-electron chi connectivity index (χ4n) is 2.98. The summed E-state index contributed by atoms with van der Waals surface area (Å²) in [5.41, 5.74) is 1.75. The molecule has 4 aromatic rings. The Morgan fingerprint density at radius 1 is 0.938 bits per heavy atom. The van der Waals surface area contributed by atoms with Gasteiger partial charge in [-0.1, -0.05) is 12.1 Å².